The highest BCUT2D eigenvalue weighted by molar-refractivity contribution is 7.19. The second-order valence-corrected chi connectivity index (χ2v) is 6.68. The normalized spacial score (nSPS) is 11.9. The van der Waals surface area contributed by atoms with Crippen molar-refractivity contribution in [1.29, 1.82) is 5.26 Å². The molecule has 1 atom stereocenters. The summed E-state index contributed by atoms with van der Waals surface area (Å²) in [5.74, 6) is -1.12. The molecule has 6 nitrogen and oxygen atoms in total. The van der Waals surface area contributed by atoms with Gasteiger partial charge in [-0.05, 0) is 43.3 Å². The van der Waals surface area contributed by atoms with E-state index in [-0.39, 0.29) is 0 Å². The average molecular weight is 377 g/mol. The van der Waals surface area contributed by atoms with Gasteiger partial charge in [0.25, 0.3) is 5.91 Å². The van der Waals surface area contributed by atoms with E-state index >= 15 is 0 Å². The van der Waals surface area contributed by atoms with E-state index in [1.807, 2.05) is 30.3 Å². The monoisotopic (exact) mass is 377 g/mol. The summed E-state index contributed by atoms with van der Waals surface area (Å²) in [6.07, 6.45) is 1.83. The lowest BCUT2D eigenvalue weighted by Crippen LogP contribution is -2.29. The standard InChI is InChI=1S/C20H15N3O3S/c1-13(20(25)22-15-6-4-5-14(11-15)12-21)26-19(24)10-9-18-23-16-7-2-3-8-17(16)27-18/h2-11,13H,1H3,(H,22,25)/b10-9+/t13-/m0/s1. The number of nitrogens with one attached hydrogen (secondary N) is 1. The van der Waals surface area contributed by atoms with Crippen molar-refractivity contribution in [3.05, 3.63) is 65.2 Å². The topological polar surface area (TPSA) is 92.1 Å². The molecule has 7 heteroatoms. The molecule has 134 valence electrons. The fourth-order valence-corrected chi connectivity index (χ4v) is 3.15. The molecule has 0 unspecified atom stereocenters. The molecule has 0 radical (unpaired) electrons. The first kappa shape index (κ1) is 18.3. The number of carbonyl (C=O) groups is 2. The van der Waals surface area contributed by atoms with Crippen molar-refractivity contribution in [3.63, 3.8) is 0 Å². The van der Waals surface area contributed by atoms with Crippen molar-refractivity contribution < 1.29 is 14.3 Å². The minimum atomic E-state index is -0.983. The van der Waals surface area contributed by atoms with Gasteiger partial charge < -0.3 is 10.1 Å². The molecule has 1 aromatic heterocycles. The molecule has 3 aromatic rings. The molecule has 0 saturated carbocycles. The van der Waals surface area contributed by atoms with Crippen molar-refractivity contribution in [3.8, 4) is 6.07 Å². The fraction of sp³-hybridized carbons (Fsp3) is 0.100. The fourth-order valence-electron chi connectivity index (χ4n) is 2.28. The predicted molar refractivity (Wildman–Crippen MR) is 104 cm³/mol. The summed E-state index contributed by atoms with van der Waals surface area (Å²) < 4.78 is 6.14. The summed E-state index contributed by atoms with van der Waals surface area (Å²) in [6, 6.07) is 16.2. The van der Waals surface area contributed by atoms with Gasteiger partial charge in [-0.3, -0.25) is 4.79 Å². The number of benzene rings is 2. The number of thiazole rings is 1. The number of anilines is 1. The maximum atomic E-state index is 12.1. The zero-order valence-electron chi connectivity index (χ0n) is 14.4. The largest absolute Gasteiger partial charge is 0.449 e. The van der Waals surface area contributed by atoms with Crippen molar-refractivity contribution >= 4 is 45.2 Å². The summed E-state index contributed by atoms with van der Waals surface area (Å²) in [6.45, 7) is 1.48. The van der Waals surface area contributed by atoms with Crippen LogP contribution in [0.25, 0.3) is 16.3 Å². The van der Waals surface area contributed by atoms with Crippen LogP contribution in [0.15, 0.2) is 54.6 Å². The first-order valence-corrected chi connectivity index (χ1v) is 8.92. The molecule has 0 fully saturated rings. The smallest absolute Gasteiger partial charge is 0.331 e. The van der Waals surface area contributed by atoms with Crippen LogP contribution in [0.2, 0.25) is 0 Å². The van der Waals surface area contributed by atoms with Gasteiger partial charge in [-0.2, -0.15) is 5.26 Å². The third-order valence-electron chi connectivity index (χ3n) is 3.59. The molecule has 2 aromatic carbocycles. The number of fused-ring (bicyclic) bond motifs is 1. The minimum Gasteiger partial charge on any atom is -0.449 e. The third-order valence-corrected chi connectivity index (χ3v) is 4.60. The van der Waals surface area contributed by atoms with Gasteiger partial charge in [0, 0.05) is 11.8 Å². The van der Waals surface area contributed by atoms with Gasteiger partial charge in [0.15, 0.2) is 6.10 Å². The first-order valence-electron chi connectivity index (χ1n) is 8.10. The summed E-state index contributed by atoms with van der Waals surface area (Å²) in [5, 5.41) is 12.2. The number of hydrogen-bond acceptors (Lipinski definition) is 6. The van der Waals surface area contributed by atoms with E-state index in [0.717, 1.165) is 10.2 Å². The molecule has 0 saturated heterocycles. The number of hydrogen-bond donors (Lipinski definition) is 1. The molecule has 0 aliphatic heterocycles. The van der Waals surface area contributed by atoms with E-state index in [0.29, 0.717) is 16.3 Å². The third kappa shape index (κ3) is 4.77. The quantitative estimate of drug-likeness (QED) is 0.540. The number of nitriles is 1. The second-order valence-electron chi connectivity index (χ2n) is 5.61. The van der Waals surface area contributed by atoms with Crippen LogP contribution in [0.1, 0.15) is 17.5 Å². The maximum Gasteiger partial charge on any atom is 0.331 e. The second kappa shape index (κ2) is 8.25. The Bertz CT molecular complexity index is 1030. The van der Waals surface area contributed by atoms with Gasteiger partial charge in [-0.1, -0.05) is 18.2 Å². The molecule has 0 spiro atoms. The van der Waals surface area contributed by atoms with Gasteiger partial charge in [0.1, 0.15) is 5.01 Å². The predicted octanol–water partition coefficient (Wildman–Crippen LogP) is 3.75. The van der Waals surface area contributed by atoms with Crippen LogP contribution in [0.5, 0.6) is 0 Å². The van der Waals surface area contributed by atoms with Crippen LogP contribution >= 0.6 is 11.3 Å². The summed E-state index contributed by atoms with van der Waals surface area (Å²) in [4.78, 5) is 28.5. The van der Waals surface area contributed by atoms with Crippen molar-refractivity contribution in [1.82, 2.24) is 4.98 Å². The van der Waals surface area contributed by atoms with Crippen LogP contribution in [0, 0.1) is 11.3 Å². The SMILES string of the molecule is C[C@H](OC(=O)/C=C/c1nc2ccccc2s1)C(=O)Nc1cccc(C#N)c1. The summed E-state index contributed by atoms with van der Waals surface area (Å²) in [7, 11) is 0. The molecule has 0 bridgehead atoms. The number of ether oxygens (including phenoxy) is 1. The minimum absolute atomic E-state index is 0.427. The molecular weight excluding hydrogens is 362 g/mol. The number of amides is 1. The molecule has 1 amide bonds. The van der Waals surface area contributed by atoms with E-state index in [4.69, 9.17) is 10.00 Å². The molecule has 1 N–H and O–H groups in total. The zero-order valence-corrected chi connectivity index (χ0v) is 15.2. The highest BCUT2D eigenvalue weighted by Crippen LogP contribution is 2.22. The Balaban J connectivity index is 1.57. The van der Waals surface area contributed by atoms with Gasteiger partial charge >= 0.3 is 5.97 Å². The maximum absolute atomic E-state index is 12.1. The van der Waals surface area contributed by atoms with Crippen LogP contribution < -0.4 is 5.32 Å². The molecule has 1 heterocycles. The Kier molecular flexibility index (Phi) is 5.59. The Morgan fingerprint density at radius 1 is 1.26 bits per heavy atom. The summed E-state index contributed by atoms with van der Waals surface area (Å²) >= 11 is 1.46. The Morgan fingerprint density at radius 2 is 2.07 bits per heavy atom. The van der Waals surface area contributed by atoms with E-state index in [9.17, 15) is 9.59 Å². The number of esters is 1. The van der Waals surface area contributed by atoms with Crippen molar-refractivity contribution in [2.75, 3.05) is 5.32 Å². The Hall–Kier alpha value is -3.50. The summed E-state index contributed by atoms with van der Waals surface area (Å²) in [5.41, 5.74) is 1.76. The molecule has 0 aliphatic rings. The van der Waals surface area contributed by atoms with Gasteiger partial charge in [-0.15, -0.1) is 11.3 Å². The number of rotatable bonds is 5. The van der Waals surface area contributed by atoms with Crippen molar-refractivity contribution in [2.45, 2.75) is 13.0 Å². The van der Waals surface area contributed by atoms with E-state index < -0.39 is 18.0 Å². The van der Waals surface area contributed by atoms with Crippen LogP contribution in [-0.2, 0) is 14.3 Å². The highest BCUT2D eigenvalue weighted by atomic mass is 32.1. The van der Waals surface area contributed by atoms with Gasteiger partial charge in [0.05, 0.1) is 21.8 Å². The molecule has 3 rings (SSSR count). The van der Waals surface area contributed by atoms with E-state index in [2.05, 4.69) is 10.3 Å². The van der Waals surface area contributed by atoms with E-state index in [1.54, 1.807) is 30.3 Å². The Labute approximate surface area is 159 Å². The average Bonchev–Trinajstić information content (AvgIpc) is 3.09. The first-order chi connectivity index (χ1) is 13.0. The van der Waals surface area contributed by atoms with Crippen LogP contribution in [-0.4, -0.2) is 23.0 Å². The number of aromatic nitrogens is 1. The number of para-hydroxylation sites is 1. The van der Waals surface area contributed by atoms with E-state index in [1.165, 1.54) is 24.3 Å². The lowest BCUT2D eigenvalue weighted by atomic mass is 10.2. The lowest BCUT2D eigenvalue weighted by molar-refractivity contribution is -0.148. The van der Waals surface area contributed by atoms with Crippen molar-refractivity contribution in [2.24, 2.45) is 0 Å². The van der Waals surface area contributed by atoms with Crippen LogP contribution in [0.4, 0.5) is 5.69 Å². The molecule has 0 aliphatic carbocycles. The molecular formula is C20H15N3O3S. The lowest BCUT2D eigenvalue weighted by Gasteiger charge is -2.12. The van der Waals surface area contributed by atoms with Gasteiger partial charge in [-0.25, -0.2) is 9.78 Å². The number of carbonyl (C=O) groups excluding carboxylic acids is 2. The Morgan fingerprint density at radius 3 is 2.85 bits per heavy atom. The van der Waals surface area contributed by atoms with Gasteiger partial charge in [0.2, 0.25) is 0 Å². The highest BCUT2D eigenvalue weighted by Gasteiger charge is 2.17. The molecule has 27 heavy (non-hydrogen) atoms. The zero-order chi connectivity index (χ0) is 19.2. The van der Waals surface area contributed by atoms with Crippen LogP contribution in [0.3, 0.4) is 0 Å². The number of nitrogens with zero attached hydrogens (tertiary/aromatic N) is 2.